The third-order valence-corrected chi connectivity index (χ3v) is 4.32. The van der Waals surface area contributed by atoms with Crippen molar-refractivity contribution >= 4 is 17.0 Å². The summed E-state index contributed by atoms with van der Waals surface area (Å²) >= 11 is 0. The van der Waals surface area contributed by atoms with Crippen LogP contribution in [-0.2, 0) is 6.54 Å². The molecule has 0 bridgehead atoms. The summed E-state index contributed by atoms with van der Waals surface area (Å²) in [5.74, 6) is 0.751. The van der Waals surface area contributed by atoms with E-state index < -0.39 is 0 Å². The average molecular weight is 360 g/mol. The van der Waals surface area contributed by atoms with Gasteiger partial charge in [-0.2, -0.15) is 5.10 Å². The van der Waals surface area contributed by atoms with Crippen LogP contribution in [0.1, 0.15) is 41.6 Å². The van der Waals surface area contributed by atoms with Gasteiger partial charge in [-0.3, -0.25) is 4.79 Å². The lowest BCUT2D eigenvalue weighted by Gasteiger charge is -2.07. The van der Waals surface area contributed by atoms with E-state index in [-0.39, 0.29) is 11.8 Å². The van der Waals surface area contributed by atoms with Gasteiger partial charge < -0.3 is 9.73 Å². The molecule has 2 aromatic carbocycles. The normalized spacial score (nSPS) is 11.2. The maximum Gasteiger partial charge on any atom is 0.251 e. The molecule has 0 radical (unpaired) electrons. The monoisotopic (exact) mass is 360 g/mol. The molecule has 0 aliphatic heterocycles. The molecule has 27 heavy (non-hydrogen) atoms. The van der Waals surface area contributed by atoms with Crippen LogP contribution in [-0.4, -0.2) is 20.7 Å². The second kappa shape index (κ2) is 7.07. The molecular weight excluding hydrogens is 340 g/mol. The molecule has 6 heteroatoms. The predicted octanol–water partition coefficient (Wildman–Crippen LogP) is 4.07. The van der Waals surface area contributed by atoms with E-state index in [0.717, 1.165) is 11.3 Å². The Morgan fingerprint density at radius 3 is 2.70 bits per heavy atom. The number of carbonyl (C=O) groups excluding carboxylic acids is 1. The molecule has 0 saturated heterocycles. The Labute approximate surface area is 156 Å². The SMILES string of the molecule is CC(C)c1nc2cc(C(=O)NCc3ccc(-n4cccn4)cc3)ccc2o1. The van der Waals surface area contributed by atoms with Gasteiger partial charge in [0.25, 0.3) is 5.91 Å². The number of fused-ring (bicyclic) bond motifs is 1. The first-order valence-electron chi connectivity index (χ1n) is 8.88. The molecule has 4 rings (SSSR count). The fraction of sp³-hybridized carbons (Fsp3) is 0.190. The maximum absolute atomic E-state index is 12.5. The lowest BCUT2D eigenvalue weighted by atomic mass is 10.1. The van der Waals surface area contributed by atoms with Crippen molar-refractivity contribution in [3.05, 3.63) is 77.9 Å². The molecule has 1 amide bonds. The van der Waals surface area contributed by atoms with Crippen molar-refractivity contribution in [2.24, 2.45) is 0 Å². The minimum atomic E-state index is -0.137. The average Bonchev–Trinajstić information content (AvgIpc) is 3.35. The number of oxazole rings is 1. The number of hydrogen-bond donors (Lipinski definition) is 1. The number of hydrogen-bond acceptors (Lipinski definition) is 4. The first-order valence-corrected chi connectivity index (χ1v) is 8.88. The predicted molar refractivity (Wildman–Crippen MR) is 103 cm³/mol. The van der Waals surface area contributed by atoms with Crippen molar-refractivity contribution in [2.75, 3.05) is 0 Å². The van der Waals surface area contributed by atoms with Crippen molar-refractivity contribution < 1.29 is 9.21 Å². The van der Waals surface area contributed by atoms with Crippen molar-refractivity contribution in [3.8, 4) is 5.69 Å². The second-order valence-electron chi connectivity index (χ2n) is 6.69. The summed E-state index contributed by atoms with van der Waals surface area (Å²) in [5.41, 5.74) is 3.97. The summed E-state index contributed by atoms with van der Waals surface area (Å²) in [6.07, 6.45) is 3.63. The van der Waals surface area contributed by atoms with Gasteiger partial charge in [-0.1, -0.05) is 26.0 Å². The standard InChI is InChI=1S/C21H20N4O2/c1-14(2)21-24-18-12-16(6-9-19(18)27-21)20(26)22-13-15-4-7-17(8-5-15)25-11-3-10-23-25/h3-12,14H,13H2,1-2H3,(H,22,26). The highest BCUT2D eigenvalue weighted by Gasteiger charge is 2.12. The van der Waals surface area contributed by atoms with Crippen LogP contribution in [0.25, 0.3) is 16.8 Å². The summed E-state index contributed by atoms with van der Waals surface area (Å²) in [5, 5.41) is 7.14. The largest absolute Gasteiger partial charge is 0.440 e. The van der Waals surface area contributed by atoms with Gasteiger partial charge in [0.05, 0.1) is 5.69 Å². The Balaban J connectivity index is 1.43. The van der Waals surface area contributed by atoms with E-state index in [1.165, 1.54) is 0 Å². The zero-order valence-corrected chi connectivity index (χ0v) is 15.2. The molecule has 0 unspecified atom stereocenters. The summed E-state index contributed by atoms with van der Waals surface area (Å²) in [6, 6.07) is 15.1. The van der Waals surface area contributed by atoms with E-state index in [1.807, 2.05) is 50.4 Å². The fourth-order valence-corrected chi connectivity index (χ4v) is 2.81. The number of amides is 1. The van der Waals surface area contributed by atoms with Gasteiger partial charge in [0, 0.05) is 30.4 Å². The van der Waals surface area contributed by atoms with Crippen molar-refractivity contribution in [2.45, 2.75) is 26.3 Å². The first-order chi connectivity index (χ1) is 13.1. The number of rotatable bonds is 5. The summed E-state index contributed by atoms with van der Waals surface area (Å²) < 4.78 is 7.48. The second-order valence-corrected chi connectivity index (χ2v) is 6.69. The van der Waals surface area contributed by atoms with Crippen molar-refractivity contribution in [1.82, 2.24) is 20.1 Å². The Morgan fingerprint density at radius 1 is 1.19 bits per heavy atom. The van der Waals surface area contributed by atoms with E-state index in [4.69, 9.17) is 4.42 Å². The molecule has 1 N–H and O–H groups in total. The van der Waals surface area contributed by atoms with Gasteiger partial charge in [0.1, 0.15) is 5.52 Å². The molecule has 136 valence electrons. The van der Waals surface area contributed by atoms with E-state index in [2.05, 4.69) is 15.4 Å². The zero-order chi connectivity index (χ0) is 18.8. The third kappa shape index (κ3) is 3.60. The quantitative estimate of drug-likeness (QED) is 0.582. The van der Waals surface area contributed by atoms with Gasteiger partial charge in [0.15, 0.2) is 11.5 Å². The Hall–Kier alpha value is -3.41. The Kier molecular flexibility index (Phi) is 4.46. The van der Waals surface area contributed by atoms with Gasteiger partial charge in [-0.05, 0) is 42.0 Å². The van der Waals surface area contributed by atoms with Crippen LogP contribution in [0.5, 0.6) is 0 Å². The van der Waals surface area contributed by atoms with E-state index >= 15 is 0 Å². The van der Waals surface area contributed by atoms with Crippen LogP contribution in [0.15, 0.2) is 65.3 Å². The lowest BCUT2D eigenvalue weighted by molar-refractivity contribution is 0.0951. The number of nitrogens with zero attached hydrogens (tertiary/aromatic N) is 3. The Bertz CT molecular complexity index is 1060. The van der Waals surface area contributed by atoms with Gasteiger partial charge in [0.2, 0.25) is 0 Å². The molecule has 0 spiro atoms. The maximum atomic E-state index is 12.5. The fourth-order valence-electron chi connectivity index (χ4n) is 2.81. The minimum absolute atomic E-state index is 0.137. The zero-order valence-electron chi connectivity index (χ0n) is 15.2. The molecule has 0 fully saturated rings. The van der Waals surface area contributed by atoms with Gasteiger partial charge in [-0.25, -0.2) is 9.67 Å². The summed E-state index contributed by atoms with van der Waals surface area (Å²) in [6.45, 7) is 4.50. The van der Waals surface area contributed by atoms with E-state index in [9.17, 15) is 4.79 Å². The Morgan fingerprint density at radius 2 is 2.00 bits per heavy atom. The van der Waals surface area contributed by atoms with Crippen molar-refractivity contribution in [3.63, 3.8) is 0 Å². The number of carbonyl (C=O) groups is 1. The number of aromatic nitrogens is 3. The molecule has 0 atom stereocenters. The van der Waals surface area contributed by atoms with Gasteiger partial charge >= 0.3 is 0 Å². The van der Waals surface area contributed by atoms with Crippen LogP contribution in [0.4, 0.5) is 0 Å². The highest BCUT2D eigenvalue weighted by Crippen LogP contribution is 2.22. The summed E-state index contributed by atoms with van der Waals surface area (Å²) in [4.78, 5) is 16.9. The van der Waals surface area contributed by atoms with Crippen molar-refractivity contribution in [1.29, 1.82) is 0 Å². The van der Waals surface area contributed by atoms with Crippen LogP contribution in [0, 0.1) is 0 Å². The summed E-state index contributed by atoms with van der Waals surface area (Å²) in [7, 11) is 0. The number of benzene rings is 2. The molecule has 0 aliphatic rings. The highest BCUT2D eigenvalue weighted by atomic mass is 16.3. The molecule has 2 heterocycles. The van der Waals surface area contributed by atoms with Gasteiger partial charge in [-0.15, -0.1) is 0 Å². The topological polar surface area (TPSA) is 73.0 Å². The molecule has 4 aromatic rings. The number of nitrogens with one attached hydrogen (secondary N) is 1. The molecular formula is C21H20N4O2. The first kappa shape index (κ1) is 17.0. The molecule has 2 aromatic heterocycles. The van der Waals surface area contributed by atoms with Crippen LogP contribution >= 0.6 is 0 Å². The third-order valence-electron chi connectivity index (χ3n) is 4.32. The van der Waals surface area contributed by atoms with Crippen LogP contribution in [0.3, 0.4) is 0 Å². The van der Waals surface area contributed by atoms with Crippen LogP contribution < -0.4 is 5.32 Å². The molecule has 0 aliphatic carbocycles. The molecule has 0 saturated carbocycles. The van der Waals surface area contributed by atoms with E-state index in [1.54, 1.807) is 29.1 Å². The van der Waals surface area contributed by atoms with Crippen LogP contribution in [0.2, 0.25) is 0 Å². The smallest absolute Gasteiger partial charge is 0.251 e. The molecule has 6 nitrogen and oxygen atoms in total. The highest BCUT2D eigenvalue weighted by molar-refractivity contribution is 5.97. The van der Waals surface area contributed by atoms with E-state index in [0.29, 0.717) is 29.1 Å². The lowest BCUT2D eigenvalue weighted by Crippen LogP contribution is -2.22. The minimum Gasteiger partial charge on any atom is -0.440 e.